The Bertz CT molecular complexity index is 315. The van der Waals surface area contributed by atoms with Crippen LogP contribution in [0.25, 0.3) is 0 Å². The Labute approximate surface area is 77.0 Å². The number of aromatic carboxylic acids is 1. The highest BCUT2D eigenvalue weighted by Crippen LogP contribution is 2.08. The molecule has 0 bridgehead atoms. The maximum atomic E-state index is 10.6. The number of rotatable bonds is 3. The van der Waals surface area contributed by atoms with Crippen molar-refractivity contribution in [2.75, 3.05) is 0 Å². The molecule has 0 amide bonds. The standard InChI is InChI=1S/C9H14N2O2/c1-5(2)4-7-10-6(3)8(11-7)9(12)13/h5H,4H2,1-3H3,(H,10,11)(H,12,13). The molecule has 72 valence electrons. The fourth-order valence-corrected chi connectivity index (χ4v) is 1.21. The minimum Gasteiger partial charge on any atom is -0.476 e. The molecule has 1 aromatic heterocycles. The average molecular weight is 182 g/mol. The number of imidazole rings is 1. The highest BCUT2D eigenvalue weighted by atomic mass is 16.4. The molecule has 0 saturated carbocycles. The van der Waals surface area contributed by atoms with E-state index in [-0.39, 0.29) is 5.69 Å². The molecule has 0 spiro atoms. The van der Waals surface area contributed by atoms with Crippen molar-refractivity contribution in [3.8, 4) is 0 Å². The first-order chi connectivity index (χ1) is 6.00. The zero-order chi connectivity index (χ0) is 10.0. The summed E-state index contributed by atoms with van der Waals surface area (Å²) >= 11 is 0. The number of H-pyrrole nitrogens is 1. The summed E-state index contributed by atoms with van der Waals surface area (Å²) in [6.07, 6.45) is 0.786. The molecule has 0 saturated heterocycles. The molecule has 0 fully saturated rings. The summed E-state index contributed by atoms with van der Waals surface area (Å²) in [6, 6.07) is 0. The van der Waals surface area contributed by atoms with Crippen molar-refractivity contribution >= 4 is 5.97 Å². The van der Waals surface area contributed by atoms with Crippen LogP contribution < -0.4 is 0 Å². The van der Waals surface area contributed by atoms with Crippen molar-refractivity contribution < 1.29 is 9.90 Å². The largest absolute Gasteiger partial charge is 0.476 e. The van der Waals surface area contributed by atoms with E-state index in [2.05, 4.69) is 23.8 Å². The summed E-state index contributed by atoms with van der Waals surface area (Å²) in [4.78, 5) is 17.6. The molecule has 4 heteroatoms. The van der Waals surface area contributed by atoms with Gasteiger partial charge in [0.15, 0.2) is 5.69 Å². The maximum absolute atomic E-state index is 10.6. The van der Waals surface area contributed by atoms with E-state index >= 15 is 0 Å². The number of aryl methyl sites for hydroxylation is 1. The second kappa shape index (κ2) is 3.60. The van der Waals surface area contributed by atoms with Crippen LogP contribution in [-0.4, -0.2) is 21.0 Å². The molecule has 13 heavy (non-hydrogen) atoms. The Morgan fingerprint density at radius 1 is 1.62 bits per heavy atom. The van der Waals surface area contributed by atoms with Crippen LogP contribution in [0.2, 0.25) is 0 Å². The van der Waals surface area contributed by atoms with Crippen LogP contribution >= 0.6 is 0 Å². The Morgan fingerprint density at radius 3 is 2.62 bits per heavy atom. The molecular weight excluding hydrogens is 168 g/mol. The molecule has 1 aromatic rings. The van der Waals surface area contributed by atoms with Crippen LogP contribution in [0.1, 0.15) is 35.9 Å². The van der Waals surface area contributed by atoms with E-state index in [1.807, 2.05) is 0 Å². The van der Waals surface area contributed by atoms with E-state index in [0.29, 0.717) is 11.6 Å². The average Bonchev–Trinajstić information content (AvgIpc) is 2.29. The van der Waals surface area contributed by atoms with Crippen LogP contribution in [-0.2, 0) is 6.42 Å². The highest BCUT2D eigenvalue weighted by molar-refractivity contribution is 5.86. The molecule has 2 N–H and O–H groups in total. The Hall–Kier alpha value is -1.32. The van der Waals surface area contributed by atoms with Crippen LogP contribution in [0, 0.1) is 12.8 Å². The third-order valence-corrected chi connectivity index (χ3v) is 1.74. The van der Waals surface area contributed by atoms with Gasteiger partial charge in [-0.15, -0.1) is 0 Å². The molecule has 1 rings (SSSR count). The zero-order valence-electron chi connectivity index (χ0n) is 8.09. The normalized spacial score (nSPS) is 10.8. The summed E-state index contributed by atoms with van der Waals surface area (Å²) in [5.74, 6) is 0.265. The molecule has 0 aliphatic rings. The van der Waals surface area contributed by atoms with Gasteiger partial charge >= 0.3 is 5.97 Å². The lowest BCUT2D eigenvalue weighted by Gasteiger charge is -1.98. The lowest BCUT2D eigenvalue weighted by Crippen LogP contribution is -2.00. The van der Waals surface area contributed by atoms with Crippen LogP contribution in [0.3, 0.4) is 0 Å². The molecule has 0 aliphatic heterocycles. The maximum Gasteiger partial charge on any atom is 0.356 e. The van der Waals surface area contributed by atoms with Gasteiger partial charge < -0.3 is 10.1 Å². The lowest BCUT2D eigenvalue weighted by atomic mass is 10.1. The topological polar surface area (TPSA) is 66.0 Å². The fourth-order valence-electron chi connectivity index (χ4n) is 1.21. The van der Waals surface area contributed by atoms with E-state index in [1.165, 1.54) is 0 Å². The second-order valence-electron chi connectivity index (χ2n) is 3.56. The van der Waals surface area contributed by atoms with Gasteiger partial charge in [-0.3, -0.25) is 0 Å². The number of carboxylic acids is 1. The quantitative estimate of drug-likeness (QED) is 0.746. The van der Waals surface area contributed by atoms with Gasteiger partial charge in [0.05, 0.1) is 0 Å². The van der Waals surface area contributed by atoms with E-state index < -0.39 is 5.97 Å². The lowest BCUT2D eigenvalue weighted by molar-refractivity contribution is 0.0690. The smallest absolute Gasteiger partial charge is 0.356 e. The number of nitrogens with zero attached hydrogens (tertiary/aromatic N) is 1. The first-order valence-electron chi connectivity index (χ1n) is 4.29. The first kappa shape index (κ1) is 9.77. The predicted octanol–water partition coefficient (Wildman–Crippen LogP) is 1.61. The molecule has 0 atom stereocenters. The Morgan fingerprint density at radius 2 is 2.23 bits per heavy atom. The molecule has 0 aliphatic carbocycles. The van der Waals surface area contributed by atoms with Gasteiger partial charge in [0.25, 0.3) is 0 Å². The van der Waals surface area contributed by atoms with Crippen molar-refractivity contribution in [3.05, 3.63) is 17.2 Å². The molecular formula is C9H14N2O2. The third-order valence-electron chi connectivity index (χ3n) is 1.74. The van der Waals surface area contributed by atoms with Crippen LogP contribution in [0.4, 0.5) is 0 Å². The second-order valence-corrected chi connectivity index (χ2v) is 3.56. The number of aromatic nitrogens is 2. The van der Waals surface area contributed by atoms with Gasteiger partial charge in [-0.25, -0.2) is 9.78 Å². The van der Waals surface area contributed by atoms with Crippen LogP contribution in [0.5, 0.6) is 0 Å². The Balaban J connectivity index is 2.89. The van der Waals surface area contributed by atoms with Gasteiger partial charge in [0.1, 0.15) is 5.82 Å². The zero-order valence-corrected chi connectivity index (χ0v) is 8.09. The van der Waals surface area contributed by atoms with Gasteiger partial charge in [-0.1, -0.05) is 13.8 Å². The number of carbonyl (C=O) groups is 1. The highest BCUT2D eigenvalue weighted by Gasteiger charge is 2.13. The molecule has 1 heterocycles. The van der Waals surface area contributed by atoms with Crippen molar-refractivity contribution in [3.63, 3.8) is 0 Å². The van der Waals surface area contributed by atoms with Crippen molar-refractivity contribution in [2.24, 2.45) is 5.92 Å². The van der Waals surface area contributed by atoms with Crippen LogP contribution in [0.15, 0.2) is 0 Å². The number of hydrogen-bond acceptors (Lipinski definition) is 2. The van der Waals surface area contributed by atoms with E-state index in [4.69, 9.17) is 5.11 Å². The van der Waals surface area contributed by atoms with Crippen molar-refractivity contribution in [1.82, 2.24) is 9.97 Å². The Kier molecular flexibility index (Phi) is 2.70. The minimum atomic E-state index is -0.969. The van der Waals surface area contributed by atoms with E-state index in [9.17, 15) is 4.79 Å². The number of carboxylic acid groups (broad SMARTS) is 1. The van der Waals surface area contributed by atoms with Gasteiger partial charge in [-0.2, -0.15) is 0 Å². The molecule has 4 nitrogen and oxygen atoms in total. The summed E-state index contributed by atoms with van der Waals surface area (Å²) in [5.41, 5.74) is 0.763. The summed E-state index contributed by atoms with van der Waals surface area (Å²) in [7, 11) is 0. The first-order valence-corrected chi connectivity index (χ1v) is 4.29. The third kappa shape index (κ3) is 2.31. The number of aromatic amines is 1. The van der Waals surface area contributed by atoms with Gasteiger partial charge in [0.2, 0.25) is 0 Å². The van der Waals surface area contributed by atoms with Crippen molar-refractivity contribution in [2.45, 2.75) is 27.2 Å². The van der Waals surface area contributed by atoms with Crippen molar-refractivity contribution in [1.29, 1.82) is 0 Å². The monoisotopic (exact) mass is 182 g/mol. The SMILES string of the molecule is Cc1[nH]c(CC(C)C)nc1C(=O)O. The molecule has 0 radical (unpaired) electrons. The van der Waals surface area contributed by atoms with E-state index in [0.717, 1.165) is 12.2 Å². The predicted molar refractivity (Wildman–Crippen MR) is 48.8 cm³/mol. The van der Waals surface area contributed by atoms with Gasteiger partial charge in [0, 0.05) is 12.1 Å². The van der Waals surface area contributed by atoms with E-state index in [1.54, 1.807) is 6.92 Å². The summed E-state index contributed by atoms with van der Waals surface area (Å²) in [5, 5.41) is 8.73. The van der Waals surface area contributed by atoms with Gasteiger partial charge in [-0.05, 0) is 12.8 Å². The minimum absolute atomic E-state index is 0.135. The molecule has 0 aromatic carbocycles. The fraction of sp³-hybridized carbons (Fsp3) is 0.556. The molecule has 0 unspecified atom stereocenters. The summed E-state index contributed by atoms with van der Waals surface area (Å²) in [6.45, 7) is 5.86. The summed E-state index contributed by atoms with van der Waals surface area (Å²) < 4.78 is 0. The number of hydrogen-bond donors (Lipinski definition) is 2. The number of nitrogens with one attached hydrogen (secondary N) is 1.